The Hall–Kier alpha value is -10.7. The molecule has 26 nitrogen and oxygen atoms in total. The minimum Gasteiger partial charge on any atom is -0.445 e. The molecule has 2 fully saturated rings. The van der Waals surface area contributed by atoms with Gasteiger partial charge in [0.05, 0.1) is 42.9 Å². The van der Waals surface area contributed by atoms with Crippen LogP contribution in [0.5, 0.6) is 0 Å². The van der Waals surface area contributed by atoms with Crippen LogP contribution in [0, 0.1) is 30.2 Å². The highest BCUT2D eigenvalue weighted by Crippen LogP contribution is 2.34. The molecule has 102 heavy (non-hydrogen) atoms. The lowest BCUT2D eigenvalue weighted by Gasteiger charge is -2.30. The number of hydrogen-bond donors (Lipinski definition) is 7. The molecule has 1 aromatic carbocycles. The fourth-order valence-corrected chi connectivity index (χ4v) is 12.3. The van der Waals surface area contributed by atoms with Crippen molar-refractivity contribution in [2.45, 2.75) is 113 Å². The highest BCUT2D eigenvalue weighted by Gasteiger charge is 2.31. The minimum absolute atomic E-state index is 0.0201. The Bertz CT molecular complexity index is 4570. The number of rotatable bonds is 24. The minimum atomic E-state index is -4.47. The first-order chi connectivity index (χ1) is 48.7. The van der Waals surface area contributed by atoms with Gasteiger partial charge in [-0.05, 0) is 118 Å². The van der Waals surface area contributed by atoms with E-state index in [1.165, 1.54) is 55.0 Å². The van der Waals surface area contributed by atoms with Crippen LogP contribution in [0.4, 0.5) is 65.1 Å². The molecule has 4 amide bonds. The van der Waals surface area contributed by atoms with Crippen molar-refractivity contribution < 1.29 is 90.4 Å². The number of halogens is 10. The molecule has 8 heterocycles. The maximum absolute atomic E-state index is 15.2. The summed E-state index contributed by atoms with van der Waals surface area (Å²) < 4.78 is 178. The number of anilines is 2. The van der Waals surface area contributed by atoms with Crippen LogP contribution >= 0.6 is 0 Å². The normalized spacial score (nSPS) is 16.3. The molecule has 2 aliphatic carbocycles. The number of benzene rings is 1. The molecule has 11 rings (SSSR count). The molecule has 0 radical (unpaired) electrons. The van der Waals surface area contributed by atoms with Crippen LogP contribution in [-0.4, -0.2) is 157 Å². The van der Waals surface area contributed by atoms with Gasteiger partial charge in [-0.1, -0.05) is 17.7 Å². The zero-order chi connectivity index (χ0) is 72.7. The van der Waals surface area contributed by atoms with Gasteiger partial charge in [0.25, 0.3) is 21.8 Å². The number of aryl methyl sites for hydroxylation is 1. The number of fused-ring (bicyclic) bond motifs is 2. The van der Waals surface area contributed by atoms with Crippen LogP contribution in [0.25, 0.3) is 44.8 Å². The average Bonchev–Trinajstić information content (AvgIpc) is 1.59. The summed E-state index contributed by atoms with van der Waals surface area (Å²) in [5.74, 6) is -3.75. The van der Waals surface area contributed by atoms with E-state index in [4.69, 9.17) is 9.47 Å². The molecule has 0 bridgehead atoms. The lowest BCUT2D eigenvalue weighted by Crippen LogP contribution is -2.42. The molecular weight excluding hydrogens is 1390 g/mol. The largest absolute Gasteiger partial charge is 0.445 e. The first-order valence-corrected chi connectivity index (χ1v) is 33.0. The Morgan fingerprint density at radius 3 is 1.58 bits per heavy atom. The molecule has 7 N–H and O–H groups in total. The van der Waals surface area contributed by atoms with E-state index >= 15 is 4.39 Å². The van der Waals surface area contributed by atoms with E-state index in [1.54, 1.807) is 24.4 Å². The second-order valence-electron chi connectivity index (χ2n) is 23.5. The number of amides is 4. The van der Waals surface area contributed by atoms with Gasteiger partial charge < -0.3 is 55.8 Å². The van der Waals surface area contributed by atoms with Gasteiger partial charge in [0.15, 0.2) is 40.6 Å². The Morgan fingerprint density at radius 1 is 0.588 bits per heavy atom. The van der Waals surface area contributed by atoms with Crippen molar-refractivity contribution in [2.24, 2.45) is 0 Å². The molecule has 2 saturated carbocycles. The number of H-pyrrole nitrogens is 1. The van der Waals surface area contributed by atoms with Gasteiger partial charge in [0, 0.05) is 83.9 Å². The number of alkyl halides is 6. The number of aromatic nitrogens is 10. The molecule has 540 valence electrons. The number of carbonyl (C=O) groups is 4. The number of aromatic amines is 1. The fraction of sp³-hybridized carbons (Fsp3) is 0.354. The number of ether oxygens (including phenoxy) is 4. The van der Waals surface area contributed by atoms with Crippen molar-refractivity contribution in [3.8, 4) is 22.8 Å². The van der Waals surface area contributed by atoms with Crippen LogP contribution in [0.3, 0.4) is 0 Å². The van der Waals surface area contributed by atoms with E-state index in [9.17, 15) is 67.1 Å². The number of nitrogens with one attached hydrogen (secondary N) is 7. The third-order valence-electron chi connectivity index (χ3n) is 15.7. The van der Waals surface area contributed by atoms with Crippen LogP contribution in [-0.2, 0) is 42.2 Å². The molecule has 37 heteroatoms. The Morgan fingerprint density at radius 2 is 1.07 bits per heavy atom. The predicted molar refractivity (Wildman–Crippen MR) is 344 cm³/mol. The number of hydrogen-bond acceptors (Lipinski definition) is 20. The third-order valence-corrected chi connectivity index (χ3v) is 17.4. The zero-order valence-corrected chi connectivity index (χ0v) is 54.6. The topological polar surface area (TPSA) is 335 Å². The van der Waals surface area contributed by atoms with E-state index in [2.05, 4.69) is 86.2 Å². The summed E-state index contributed by atoms with van der Waals surface area (Å²) in [7, 11) is -4.18. The maximum atomic E-state index is 15.2. The van der Waals surface area contributed by atoms with E-state index in [0.29, 0.717) is 72.7 Å². The van der Waals surface area contributed by atoms with Gasteiger partial charge in [0.1, 0.15) is 55.1 Å². The molecule has 4 atom stereocenters. The van der Waals surface area contributed by atoms with E-state index in [1.807, 2.05) is 6.92 Å². The molecule has 0 spiro atoms. The van der Waals surface area contributed by atoms with Crippen LogP contribution in [0.2, 0.25) is 0 Å². The third kappa shape index (κ3) is 20.5. The maximum Gasteiger partial charge on any atom is 0.411 e. The Labute approximate surface area is 573 Å². The highest BCUT2D eigenvalue weighted by atomic mass is 32.2. The quantitative estimate of drug-likeness (QED) is 0.0218. The highest BCUT2D eigenvalue weighted by molar-refractivity contribution is 7.90. The molecule has 0 unspecified atom stereocenters. The summed E-state index contributed by atoms with van der Waals surface area (Å²) in [5.41, 5.74) is 2.83. The average molecular weight is 1450 g/mol. The summed E-state index contributed by atoms with van der Waals surface area (Å²) in [5, 5.41) is 17.1. The SMILES string of the molecule is Cc1ccc(S(=O)(=O)n2cc(-c3ncc(F)c(N[C@H]4CCC[C@@H](NC(=O)c5cc(COC(=O)NCCOCC(F)(F)F)ccn5)C4)n3)c3cc(F)cnc32)cc1.O=C(NCCOCC(F)(F)F)OCc1ccnc(C(=O)N[C@@H]2CCC[C@H](Nc3nc(-c4c[nH]c5ncc(F)cc45)ncc3F)C2)c1. The van der Waals surface area contributed by atoms with Crippen LogP contribution < -0.4 is 31.9 Å². The molecule has 9 aromatic rings. The second-order valence-corrected chi connectivity index (χ2v) is 25.3. The summed E-state index contributed by atoms with van der Waals surface area (Å²) in [6.45, 7) is -2.57. The Kier molecular flexibility index (Phi) is 24.1. The van der Waals surface area contributed by atoms with Crippen molar-refractivity contribution >= 4 is 67.7 Å². The van der Waals surface area contributed by atoms with Crippen molar-refractivity contribution in [1.29, 1.82) is 0 Å². The van der Waals surface area contributed by atoms with Gasteiger partial charge >= 0.3 is 24.5 Å². The van der Waals surface area contributed by atoms with Crippen molar-refractivity contribution in [1.82, 2.24) is 70.1 Å². The Balaban J connectivity index is 0.000000224. The predicted octanol–water partition coefficient (Wildman–Crippen LogP) is 10.3. The standard InChI is InChI=1S/C36H35F5N8O6S.C29H29F5N8O4/c1-21-5-7-26(8-6-21)56(52,53)49-18-28(27-14-23(37)16-45-33(27)49)31-44-17-29(38)32(48-31)46-24-3-2-4-25(15-24)47-34(50)30-13-22(9-10-42-30)19-55-35(51)43-11-12-54-20-36(39,40)41;30-17-9-20-21(12-38-24(20)37-11-17)25-39-13-22(31)26(42-25)40-18-2-1-3-19(10-18)41-27(43)23-8-16(4-5-35-23)14-46-28(44)36-6-7-45-15-29(32,33)34/h5-10,13-14,16-18,24-25H,2-4,11-12,15,19-20H2,1H3,(H,43,51)(H,47,50)(H,44,46,48);4-5,8-9,11-13,18-19H,1-3,6-7,10,14-15H2,(H,36,44)(H,37,38)(H,41,43)(H,39,40,42)/t24-,25+;18-,19+/m00/s1. The van der Waals surface area contributed by atoms with Crippen molar-refractivity contribution in [2.75, 3.05) is 50.2 Å². The van der Waals surface area contributed by atoms with E-state index < -0.39 is 82.9 Å². The molecule has 8 aromatic heterocycles. The van der Waals surface area contributed by atoms with E-state index in [-0.39, 0.29) is 120 Å². The molecule has 0 aliphatic heterocycles. The number of pyridine rings is 4. The van der Waals surface area contributed by atoms with Gasteiger partial charge in [-0.25, -0.2) is 69.4 Å². The summed E-state index contributed by atoms with van der Waals surface area (Å²) in [4.78, 5) is 85.8. The number of nitrogens with zero attached hydrogens (tertiary/aromatic N) is 9. The molecule has 2 aliphatic rings. The molecular formula is C65H64F10N16O10S. The molecule has 0 saturated heterocycles. The number of carbonyl (C=O) groups excluding carboxylic acids is 4. The van der Waals surface area contributed by atoms with Gasteiger partial charge in [0.2, 0.25) is 0 Å². The summed E-state index contributed by atoms with van der Waals surface area (Å²) >= 11 is 0. The summed E-state index contributed by atoms with van der Waals surface area (Å²) in [6.07, 6.45) is 3.67. The lowest BCUT2D eigenvalue weighted by molar-refractivity contribution is -0.173. The zero-order valence-electron chi connectivity index (χ0n) is 53.8. The van der Waals surface area contributed by atoms with Crippen molar-refractivity contribution in [3.05, 3.63) is 162 Å². The second kappa shape index (κ2) is 33.2. The van der Waals surface area contributed by atoms with Crippen LogP contribution in [0.1, 0.15) is 89.0 Å². The van der Waals surface area contributed by atoms with E-state index in [0.717, 1.165) is 46.8 Å². The summed E-state index contributed by atoms with van der Waals surface area (Å²) in [6, 6.07) is 13.4. The van der Waals surface area contributed by atoms with Crippen molar-refractivity contribution in [3.63, 3.8) is 0 Å². The first kappa shape index (κ1) is 74.0. The first-order valence-electron chi connectivity index (χ1n) is 31.5. The van der Waals surface area contributed by atoms with Gasteiger partial charge in [-0.2, -0.15) is 26.3 Å². The monoisotopic (exact) mass is 1450 g/mol. The number of alkyl carbamates (subject to hydrolysis) is 2. The lowest BCUT2D eigenvalue weighted by atomic mass is 9.91. The fourth-order valence-electron chi connectivity index (χ4n) is 11.0. The van der Waals surface area contributed by atoms with Gasteiger partial charge in [-0.15, -0.1) is 0 Å². The van der Waals surface area contributed by atoms with Crippen LogP contribution in [0.15, 0.2) is 115 Å². The van der Waals surface area contributed by atoms with Gasteiger partial charge in [-0.3, -0.25) is 19.6 Å². The smallest absolute Gasteiger partial charge is 0.411 e.